The highest BCUT2D eigenvalue weighted by Crippen LogP contribution is 1.94. The molecule has 0 saturated heterocycles. The van der Waals surface area contributed by atoms with E-state index in [1.807, 2.05) is 18.9 Å². The molecule has 0 bridgehead atoms. The van der Waals surface area contributed by atoms with Gasteiger partial charge in [-0.25, -0.2) is 4.39 Å². The van der Waals surface area contributed by atoms with Crippen LogP contribution in [0, 0.1) is 0 Å². The van der Waals surface area contributed by atoms with Crippen molar-refractivity contribution in [3.05, 3.63) is 12.7 Å². The van der Waals surface area contributed by atoms with Gasteiger partial charge in [0.2, 0.25) is 0 Å². The molecule has 0 aromatic heterocycles. The Morgan fingerprint density at radius 3 is 2.67 bits per heavy atom. The predicted molar refractivity (Wildman–Crippen MR) is 38.3 cm³/mol. The van der Waals surface area contributed by atoms with Crippen LogP contribution in [0.25, 0.3) is 0 Å². The third kappa shape index (κ3) is 3.25. The van der Waals surface area contributed by atoms with Crippen molar-refractivity contribution in [2.75, 3.05) is 20.3 Å². The summed E-state index contributed by atoms with van der Waals surface area (Å²) in [4.78, 5) is 1.91. The van der Waals surface area contributed by atoms with Gasteiger partial charge in [-0.3, -0.25) is 4.90 Å². The van der Waals surface area contributed by atoms with Gasteiger partial charge in [-0.2, -0.15) is 0 Å². The molecule has 0 aromatic rings. The van der Waals surface area contributed by atoms with Crippen molar-refractivity contribution in [2.24, 2.45) is 0 Å². The van der Waals surface area contributed by atoms with Crippen molar-refractivity contribution in [1.29, 1.82) is 0 Å². The first-order chi connectivity index (χ1) is 4.22. The number of nitrogens with zero attached hydrogens (tertiary/aromatic N) is 1. The van der Waals surface area contributed by atoms with Gasteiger partial charge in [-0.15, -0.1) is 6.58 Å². The number of hydrogen-bond acceptors (Lipinski definition) is 1. The molecule has 0 unspecified atom stereocenters. The lowest BCUT2D eigenvalue weighted by molar-refractivity contribution is 0.266. The van der Waals surface area contributed by atoms with Gasteiger partial charge in [0.05, 0.1) is 0 Å². The highest BCUT2D eigenvalue weighted by molar-refractivity contribution is 4.81. The summed E-state index contributed by atoms with van der Waals surface area (Å²) >= 11 is 0. The molecule has 0 aliphatic carbocycles. The smallest absolute Gasteiger partial charge is 0.102 e. The molecular formula is C7H14FN. The maximum Gasteiger partial charge on any atom is 0.102 e. The van der Waals surface area contributed by atoms with E-state index >= 15 is 0 Å². The summed E-state index contributed by atoms with van der Waals surface area (Å²) in [5.41, 5.74) is 0. The number of hydrogen-bond donors (Lipinski definition) is 0. The minimum atomic E-state index is -0.283. The Kier molecular flexibility index (Phi) is 4.32. The van der Waals surface area contributed by atoms with Gasteiger partial charge in [-0.05, 0) is 14.0 Å². The molecule has 0 aliphatic rings. The maximum absolute atomic E-state index is 11.7. The minimum Gasteiger partial charge on any atom is -0.298 e. The van der Waals surface area contributed by atoms with Gasteiger partial charge >= 0.3 is 0 Å². The van der Waals surface area contributed by atoms with Crippen LogP contribution in [-0.2, 0) is 0 Å². The first-order valence-electron chi connectivity index (χ1n) is 3.11. The van der Waals surface area contributed by atoms with Gasteiger partial charge in [0.15, 0.2) is 0 Å². The van der Waals surface area contributed by atoms with Crippen LogP contribution in [0.4, 0.5) is 4.39 Å². The number of rotatable bonds is 4. The van der Waals surface area contributed by atoms with Crippen LogP contribution in [0.3, 0.4) is 0 Å². The molecule has 0 saturated carbocycles. The molecule has 9 heavy (non-hydrogen) atoms. The molecule has 0 N–H and O–H groups in total. The summed E-state index contributed by atoms with van der Waals surface area (Å²) in [5.74, 6) is 0. The Morgan fingerprint density at radius 2 is 2.33 bits per heavy atom. The summed E-state index contributed by atoms with van der Waals surface area (Å²) in [6, 6.07) is 0.278. The van der Waals surface area contributed by atoms with Crippen LogP contribution in [0.2, 0.25) is 0 Å². The Balaban J connectivity index is 3.44. The largest absolute Gasteiger partial charge is 0.298 e. The minimum absolute atomic E-state index is 0.278. The van der Waals surface area contributed by atoms with Crippen molar-refractivity contribution in [1.82, 2.24) is 4.90 Å². The van der Waals surface area contributed by atoms with E-state index < -0.39 is 0 Å². The van der Waals surface area contributed by atoms with Crippen molar-refractivity contribution in [2.45, 2.75) is 13.0 Å². The normalized spacial score (nSPS) is 13.8. The van der Waals surface area contributed by atoms with Gasteiger partial charge in [0.25, 0.3) is 0 Å². The summed E-state index contributed by atoms with van der Waals surface area (Å²) in [5, 5.41) is 0. The molecule has 0 aliphatic heterocycles. The molecule has 0 heterocycles. The summed E-state index contributed by atoms with van der Waals surface area (Å²) in [6.45, 7) is 5.80. The first kappa shape index (κ1) is 8.63. The van der Waals surface area contributed by atoms with Crippen LogP contribution < -0.4 is 0 Å². The lowest BCUT2D eigenvalue weighted by atomic mass is 10.3. The lowest BCUT2D eigenvalue weighted by Gasteiger charge is -2.19. The van der Waals surface area contributed by atoms with Crippen molar-refractivity contribution < 1.29 is 4.39 Å². The topological polar surface area (TPSA) is 3.24 Å². The highest BCUT2D eigenvalue weighted by Gasteiger charge is 2.01. The monoisotopic (exact) mass is 131 g/mol. The van der Waals surface area contributed by atoms with Crippen LogP contribution in [0.15, 0.2) is 12.7 Å². The number of halogens is 1. The molecular weight excluding hydrogens is 117 g/mol. The van der Waals surface area contributed by atoms with E-state index in [1.54, 1.807) is 6.08 Å². The predicted octanol–water partition coefficient (Wildman–Crippen LogP) is 1.46. The van der Waals surface area contributed by atoms with Crippen LogP contribution in [0.1, 0.15) is 6.92 Å². The van der Waals surface area contributed by atoms with Crippen LogP contribution in [0.5, 0.6) is 0 Å². The standard InChI is InChI=1S/C7H14FN/c1-4-7(2)9(3)6-5-8/h4,7H,1,5-6H2,2-3H3/t7-/m0/s1. The summed E-state index contributed by atoms with van der Waals surface area (Å²) in [7, 11) is 1.88. The van der Waals surface area contributed by atoms with Gasteiger partial charge in [0.1, 0.15) is 6.67 Å². The molecule has 1 nitrogen and oxygen atoms in total. The van der Waals surface area contributed by atoms with E-state index in [2.05, 4.69) is 6.58 Å². The van der Waals surface area contributed by atoms with Gasteiger partial charge in [-0.1, -0.05) is 6.08 Å². The van der Waals surface area contributed by atoms with E-state index in [-0.39, 0.29) is 12.7 Å². The van der Waals surface area contributed by atoms with E-state index in [0.29, 0.717) is 6.54 Å². The Morgan fingerprint density at radius 1 is 1.78 bits per heavy atom. The fourth-order valence-electron chi connectivity index (χ4n) is 0.517. The van der Waals surface area contributed by atoms with Crippen LogP contribution in [-0.4, -0.2) is 31.2 Å². The molecule has 1 atom stereocenters. The van der Waals surface area contributed by atoms with E-state index in [1.165, 1.54) is 0 Å². The molecule has 0 fully saturated rings. The van der Waals surface area contributed by atoms with Crippen LogP contribution >= 0.6 is 0 Å². The average molecular weight is 131 g/mol. The summed E-state index contributed by atoms with van der Waals surface area (Å²) < 4.78 is 11.7. The average Bonchev–Trinajstić information content (AvgIpc) is 1.87. The third-order valence-electron chi connectivity index (χ3n) is 1.47. The Labute approximate surface area is 56.2 Å². The highest BCUT2D eigenvalue weighted by atomic mass is 19.1. The SMILES string of the molecule is C=C[C@H](C)N(C)CCF. The van der Waals surface area contributed by atoms with Crippen molar-refractivity contribution >= 4 is 0 Å². The Bertz CT molecular complexity index is 83.0. The molecule has 0 aromatic carbocycles. The third-order valence-corrected chi connectivity index (χ3v) is 1.47. The molecule has 0 rings (SSSR count). The quantitative estimate of drug-likeness (QED) is 0.522. The fourth-order valence-corrected chi connectivity index (χ4v) is 0.517. The first-order valence-corrected chi connectivity index (χ1v) is 3.11. The fraction of sp³-hybridized carbons (Fsp3) is 0.714. The van der Waals surface area contributed by atoms with Gasteiger partial charge < -0.3 is 0 Å². The lowest BCUT2D eigenvalue weighted by Crippen LogP contribution is -2.28. The molecule has 0 spiro atoms. The second kappa shape index (κ2) is 4.50. The molecule has 0 amide bonds. The molecule has 0 radical (unpaired) electrons. The van der Waals surface area contributed by atoms with Gasteiger partial charge in [0, 0.05) is 12.6 Å². The molecule has 54 valence electrons. The van der Waals surface area contributed by atoms with Crippen molar-refractivity contribution in [3.8, 4) is 0 Å². The van der Waals surface area contributed by atoms with E-state index in [4.69, 9.17) is 0 Å². The zero-order chi connectivity index (χ0) is 7.28. The van der Waals surface area contributed by atoms with E-state index in [9.17, 15) is 4.39 Å². The van der Waals surface area contributed by atoms with E-state index in [0.717, 1.165) is 0 Å². The number of alkyl halides is 1. The molecule has 2 heteroatoms. The Hall–Kier alpha value is -0.370. The second-order valence-electron chi connectivity index (χ2n) is 2.15. The maximum atomic E-state index is 11.7. The van der Waals surface area contributed by atoms with Crippen molar-refractivity contribution in [3.63, 3.8) is 0 Å². The summed E-state index contributed by atoms with van der Waals surface area (Å²) in [6.07, 6.45) is 1.80. The number of likely N-dealkylation sites (N-methyl/N-ethyl adjacent to an activating group) is 1. The zero-order valence-electron chi connectivity index (χ0n) is 6.10. The zero-order valence-corrected chi connectivity index (χ0v) is 6.10. The second-order valence-corrected chi connectivity index (χ2v) is 2.15.